The number of hydrogen-bond acceptors (Lipinski definition) is 4. The average Bonchev–Trinajstić information content (AvgIpc) is 2.47. The highest BCUT2D eigenvalue weighted by Crippen LogP contribution is 2.01. The van der Waals surface area contributed by atoms with E-state index in [1.54, 1.807) is 0 Å². The zero-order valence-corrected chi connectivity index (χ0v) is 7.11. The maximum Gasteiger partial charge on any atom is 0.254 e. The molecular weight excluding hydrogens is 170 g/mol. The van der Waals surface area contributed by atoms with Crippen LogP contribution >= 0.6 is 0 Å². The molecule has 0 amide bonds. The van der Waals surface area contributed by atoms with Gasteiger partial charge in [-0.15, -0.1) is 5.10 Å². The molecule has 0 atom stereocenters. The molecule has 13 heavy (non-hydrogen) atoms. The van der Waals surface area contributed by atoms with Gasteiger partial charge in [0, 0.05) is 12.5 Å². The van der Waals surface area contributed by atoms with Crippen LogP contribution in [0.15, 0.2) is 10.9 Å². The predicted octanol–water partition coefficient (Wildman–Crippen LogP) is -0.438. The largest absolute Gasteiger partial charge is 0.383 e. The summed E-state index contributed by atoms with van der Waals surface area (Å²) in [5.74, 6) is 1.35. The Morgan fingerprint density at radius 2 is 2.46 bits per heavy atom. The number of rotatable bonds is 1. The van der Waals surface area contributed by atoms with Gasteiger partial charge < -0.3 is 5.73 Å². The van der Waals surface area contributed by atoms with Crippen LogP contribution in [0.1, 0.15) is 12.7 Å². The molecule has 2 rings (SSSR count). The third-order valence-corrected chi connectivity index (χ3v) is 1.73. The summed E-state index contributed by atoms with van der Waals surface area (Å²) in [4.78, 5) is 17.6. The molecule has 2 aromatic rings. The molecule has 0 aliphatic carbocycles. The number of aromatic nitrogens is 4. The molecule has 0 aliphatic heterocycles. The molecule has 6 nitrogen and oxygen atoms in total. The Labute approximate surface area is 73.4 Å². The summed E-state index contributed by atoms with van der Waals surface area (Å²) in [6.07, 6.45) is 0.711. The van der Waals surface area contributed by atoms with E-state index in [1.807, 2.05) is 6.92 Å². The molecule has 0 bridgehead atoms. The van der Waals surface area contributed by atoms with Crippen molar-refractivity contribution in [2.75, 3.05) is 5.73 Å². The van der Waals surface area contributed by atoms with E-state index in [0.29, 0.717) is 23.8 Å². The van der Waals surface area contributed by atoms with Gasteiger partial charge in [-0.05, 0) is 0 Å². The quantitative estimate of drug-likeness (QED) is 0.621. The number of nitrogens with two attached hydrogens (primary N) is 1. The molecule has 68 valence electrons. The number of hydrogen-bond donors (Lipinski definition) is 2. The van der Waals surface area contributed by atoms with Crippen molar-refractivity contribution >= 4 is 11.6 Å². The van der Waals surface area contributed by atoms with Crippen molar-refractivity contribution < 1.29 is 0 Å². The van der Waals surface area contributed by atoms with E-state index in [2.05, 4.69) is 15.1 Å². The van der Waals surface area contributed by atoms with Gasteiger partial charge in [-0.1, -0.05) is 6.92 Å². The second-order valence-electron chi connectivity index (χ2n) is 2.68. The number of nitrogens with zero attached hydrogens (tertiary/aromatic N) is 3. The zero-order valence-electron chi connectivity index (χ0n) is 7.11. The van der Waals surface area contributed by atoms with Crippen LogP contribution < -0.4 is 11.3 Å². The topological polar surface area (TPSA) is 89.1 Å². The second-order valence-corrected chi connectivity index (χ2v) is 2.68. The summed E-state index contributed by atoms with van der Waals surface area (Å²) in [5, 5.41) is 4.08. The number of anilines is 1. The van der Waals surface area contributed by atoms with Crippen molar-refractivity contribution in [3.05, 3.63) is 22.2 Å². The summed E-state index contributed by atoms with van der Waals surface area (Å²) < 4.78 is 1.42. The maximum absolute atomic E-state index is 11.0. The van der Waals surface area contributed by atoms with Crippen LogP contribution in [-0.4, -0.2) is 19.6 Å². The summed E-state index contributed by atoms with van der Waals surface area (Å²) in [5.41, 5.74) is 5.30. The van der Waals surface area contributed by atoms with Crippen LogP contribution in [0.25, 0.3) is 5.78 Å². The minimum atomic E-state index is -0.264. The predicted molar refractivity (Wildman–Crippen MR) is 47.4 cm³/mol. The highest BCUT2D eigenvalue weighted by molar-refractivity contribution is 5.38. The molecule has 0 aromatic carbocycles. The molecule has 0 saturated carbocycles. The Balaban J connectivity index is 2.83. The number of H-pyrrole nitrogens is 1. The summed E-state index contributed by atoms with van der Waals surface area (Å²) in [7, 11) is 0. The van der Waals surface area contributed by atoms with E-state index in [-0.39, 0.29) is 5.56 Å². The Kier molecular flexibility index (Phi) is 1.54. The van der Waals surface area contributed by atoms with Crippen molar-refractivity contribution in [2.24, 2.45) is 0 Å². The van der Waals surface area contributed by atoms with E-state index < -0.39 is 0 Å². The molecule has 3 N–H and O–H groups in total. The molecule has 2 aromatic heterocycles. The standard InChI is InChI=1S/C7H9N5O/c1-2-5-9-7-10-6(13)3-4(8)12(7)11-5/h3H,2,8H2,1H3,(H,9,10,11,13). The third-order valence-electron chi connectivity index (χ3n) is 1.73. The van der Waals surface area contributed by atoms with Gasteiger partial charge in [0.1, 0.15) is 5.82 Å². The maximum atomic E-state index is 11.0. The van der Waals surface area contributed by atoms with Crippen LogP contribution in [-0.2, 0) is 6.42 Å². The van der Waals surface area contributed by atoms with Crippen molar-refractivity contribution in [3.63, 3.8) is 0 Å². The fourth-order valence-electron chi connectivity index (χ4n) is 1.11. The fourth-order valence-corrected chi connectivity index (χ4v) is 1.11. The van der Waals surface area contributed by atoms with Crippen LogP contribution in [0, 0.1) is 0 Å². The SMILES string of the molecule is CCc1nc2[nH]c(=O)cc(N)n2n1. The summed E-state index contributed by atoms with van der Waals surface area (Å²) in [6, 6.07) is 1.28. The molecule has 2 heterocycles. The van der Waals surface area contributed by atoms with Gasteiger partial charge in [0.2, 0.25) is 5.78 Å². The number of aromatic amines is 1. The van der Waals surface area contributed by atoms with Crippen LogP contribution in [0.5, 0.6) is 0 Å². The van der Waals surface area contributed by atoms with Gasteiger partial charge in [-0.25, -0.2) is 0 Å². The van der Waals surface area contributed by atoms with E-state index in [1.165, 1.54) is 10.6 Å². The van der Waals surface area contributed by atoms with Gasteiger partial charge in [-0.2, -0.15) is 9.50 Å². The number of aryl methyl sites for hydroxylation is 1. The minimum Gasteiger partial charge on any atom is -0.383 e. The lowest BCUT2D eigenvalue weighted by molar-refractivity contribution is 0.885. The summed E-state index contributed by atoms with van der Waals surface area (Å²) >= 11 is 0. The molecular formula is C7H9N5O. The number of fused-ring (bicyclic) bond motifs is 1. The Morgan fingerprint density at radius 1 is 1.69 bits per heavy atom. The lowest BCUT2D eigenvalue weighted by Gasteiger charge is -1.93. The third kappa shape index (κ3) is 1.16. The molecule has 0 radical (unpaired) electrons. The van der Waals surface area contributed by atoms with Crippen molar-refractivity contribution in [1.82, 2.24) is 19.6 Å². The lowest BCUT2D eigenvalue weighted by Crippen LogP contribution is -2.11. The molecule has 0 fully saturated rings. The first-order valence-corrected chi connectivity index (χ1v) is 3.95. The van der Waals surface area contributed by atoms with Crippen LogP contribution in [0.2, 0.25) is 0 Å². The van der Waals surface area contributed by atoms with Gasteiger partial charge in [0.05, 0.1) is 0 Å². The molecule has 0 saturated heterocycles. The van der Waals surface area contributed by atoms with Gasteiger partial charge in [-0.3, -0.25) is 9.78 Å². The first kappa shape index (κ1) is 7.78. The van der Waals surface area contributed by atoms with E-state index in [0.717, 1.165) is 0 Å². The molecule has 0 aliphatic rings. The van der Waals surface area contributed by atoms with Gasteiger partial charge in [0.15, 0.2) is 5.82 Å². The molecule has 0 unspecified atom stereocenters. The first-order chi connectivity index (χ1) is 6.20. The van der Waals surface area contributed by atoms with E-state index in [9.17, 15) is 4.79 Å². The minimum absolute atomic E-state index is 0.264. The second kappa shape index (κ2) is 2.58. The van der Waals surface area contributed by atoms with Crippen molar-refractivity contribution in [3.8, 4) is 0 Å². The van der Waals surface area contributed by atoms with Gasteiger partial charge >= 0.3 is 0 Å². The fraction of sp³-hybridized carbons (Fsp3) is 0.286. The molecule has 0 spiro atoms. The van der Waals surface area contributed by atoms with Crippen LogP contribution in [0.3, 0.4) is 0 Å². The highest BCUT2D eigenvalue weighted by Gasteiger charge is 2.04. The average molecular weight is 179 g/mol. The summed E-state index contributed by atoms with van der Waals surface area (Å²) in [6.45, 7) is 1.93. The normalized spacial score (nSPS) is 10.8. The smallest absolute Gasteiger partial charge is 0.254 e. The first-order valence-electron chi connectivity index (χ1n) is 3.95. The van der Waals surface area contributed by atoms with Crippen LogP contribution in [0.4, 0.5) is 5.82 Å². The highest BCUT2D eigenvalue weighted by atomic mass is 16.1. The number of nitrogens with one attached hydrogen (secondary N) is 1. The van der Waals surface area contributed by atoms with Crippen molar-refractivity contribution in [1.29, 1.82) is 0 Å². The monoisotopic (exact) mass is 179 g/mol. The Bertz CT molecular complexity index is 497. The Hall–Kier alpha value is -1.85. The lowest BCUT2D eigenvalue weighted by atomic mass is 10.5. The van der Waals surface area contributed by atoms with Crippen molar-refractivity contribution in [2.45, 2.75) is 13.3 Å². The molecule has 6 heteroatoms. The number of nitrogen functional groups attached to an aromatic ring is 1. The van der Waals surface area contributed by atoms with E-state index in [4.69, 9.17) is 5.73 Å². The van der Waals surface area contributed by atoms with E-state index >= 15 is 0 Å². The zero-order chi connectivity index (χ0) is 9.42. The van der Waals surface area contributed by atoms with Gasteiger partial charge in [0.25, 0.3) is 5.56 Å². The Morgan fingerprint density at radius 3 is 3.15 bits per heavy atom.